The Bertz CT molecular complexity index is 1030. The summed E-state index contributed by atoms with van der Waals surface area (Å²) in [5.74, 6) is 0.346. The number of hydrogen-bond acceptors (Lipinski definition) is 7. The van der Waals surface area contributed by atoms with Gasteiger partial charge in [0, 0.05) is 24.7 Å². The third kappa shape index (κ3) is 6.66. The zero-order chi connectivity index (χ0) is 24.6. The van der Waals surface area contributed by atoms with Crippen molar-refractivity contribution in [3.63, 3.8) is 0 Å². The van der Waals surface area contributed by atoms with Gasteiger partial charge in [-0.25, -0.2) is 0 Å². The SMILES string of the molecule is COC(=O)CC/C=C\C[C@@H]1CO[C@H](C(C)(C)Oc2ccc(C)cc2C#N)O[C@@H]1c1cccnc1. The van der Waals surface area contributed by atoms with E-state index in [1.165, 1.54) is 7.11 Å². The van der Waals surface area contributed by atoms with Crippen molar-refractivity contribution >= 4 is 5.97 Å². The van der Waals surface area contributed by atoms with Crippen molar-refractivity contribution in [2.24, 2.45) is 5.92 Å². The first kappa shape index (κ1) is 25.4. The Morgan fingerprint density at radius 3 is 2.85 bits per heavy atom. The van der Waals surface area contributed by atoms with Gasteiger partial charge in [-0.3, -0.25) is 9.78 Å². The van der Waals surface area contributed by atoms with E-state index in [1.807, 2.05) is 51.2 Å². The van der Waals surface area contributed by atoms with E-state index in [0.29, 0.717) is 30.8 Å². The first-order valence-corrected chi connectivity index (χ1v) is 11.4. The smallest absolute Gasteiger partial charge is 0.305 e. The molecule has 0 radical (unpaired) electrons. The van der Waals surface area contributed by atoms with Gasteiger partial charge >= 0.3 is 5.97 Å². The summed E-state index contributed by atoms with van der Waals surface area (Å²) in [7, 11) is 1.39. The summed E-state index contributed by atoms with van der Waals surface area (Å²) < 4.78 is 23.5. The molecule has 1 fully saturated rings. The van der Waals surface area contributed by atoms with Gasteiger partial charge in [0.25, 0.3) is 0 Å². The number of ether oxygens (including phenoxy) is 4. The second-order valence-electron chi connectivity index (χ2n) is 8.91. The molecule has 1 aliphatic heterocycles. The molecule has 3 atom stereocenters. The van der Waals surface area contributed by atoms with Gasteiger partial charge in [-0.2, -0.15) is 5.26 Å². The van der Waals surface area contributed by atoms with Crippen LogP contribution in [0.25, 0.3) is 0 Å². The number of nitrogens with zero attached hydrogens (tertiary/aromatic N) is 2. The molecule has 0 unspecified atom stereocenters. The molecular formula is C27H32N2O5. The van der Waals surface area contributed by atoms with Gasteiger partial charge in [0.05, 0.1) is 25.4 Å². The zero-order valence-corrected chi connectivity index (χ0v) is 20.2. The van der Waals surface area contributed by atoms with Gasteiger partial charge in [-0.15, -0.1) is 0 Å². The average molecular weight is 465 g/mol. The molecule has 7 heteroatoms. The number of aromatic nitrogens is 1. The highest BCUT2D eigenvalue weighted by Crippen LogP contribution is 2.38. The quantitative estimate of drug-likeness (QED) is 0.379. The Balaban J connectivity index is 1.72. The maximum absolute atomic E-state index is 11.3. The summed E-state index contributed by atoms with van der Waals surface area (Å²) in [4.78, 5) is 15.6. The molecule has 3 rings (SSSR count). The summed E-state index contributed by atoms with van der Waals surface area (Å²) in [5, 5.41) is 9.51. The van der Waals surface area contributed by atoms with Crippen LogP contribution in [0.4, 0.5) is 0 Å². The number of aryl methyl sites for hydroxylation is 1. The lowest BCUT2D eigenvalue weighted by atomic mass is 9.92. The number of hydrogen-bond donors (Lipinski definition) is 0. The van der Waals surface area contributed by atoms with Gasteiger partial charge < -0.3 is 18.9 Å². The molecule has 1 aromatic heterocycles. The molecule has 2 aromatic rings. The highest BCUT2D eigenvalue weighted by atomic mass is 16.7. The van der Waals surface area contributed by atoms with Gasteiger partial charge in [0.2, 0.25) is 0 Å². The molecule has 34 heavy (non-hydrogen) atoms. The van der Waals surface area contributed by atoms with Crippen LogP contribution < -0.4 is 4.74 Å². The highest BCUT2D eigenvalue weighted by molar-refractivity contribution is 5.69. The molecular weight excluding hydrogens is 432 g/mol. The van der Waals surface area contributed by atoms with Crippen molar-refractivity contribution in [2.45, 2.75) is 58.0 Å². The molecule has 0 amide bonds. The number of carbonyl (C=O) groups excluding carboxylic acids is 1. The van der Waals surface area contributed by atoms with E-state index in [4.69, 9.17) is 14.2 Å². The van der Waals surface area contributed by atoms with Crippen LogP contribution in [0.2, 0.25) is 0 Å². The number of methoxy groups -OCH3 is 1. The van der Waals surface area contributed by atoms with E-state index >= 15 is 0 Å². The van der Waals surface area contributed by atoms with Crippen molar-refractivity contribution < 1.29 is 23.7 Å². The van der Waals surface area contributed by atoms with Crippen molar-refractivity contribution in [2.75, 3.05) is 13.7 Å². The molecule has 1 aromatic carbocycles. The Labute approximate surface area is 201 Å². The van der Waals surface area contributed by atoms with Gasteiger partial charge in [0.15, 0.2) is 11.9 Å². The summed E-state index contributed by atoms with van der Waals surface area (Å²) in [5.41, 5.74) is 1.59. The van der Waals surface area contributed by atoms with Crippen LogP contribution in [-0.4, -0.2) is 36.6 Å². The van der Waals surface area contributed by atoms with Crippen LogP contribution in [0.1, 0.15) is 55.9 Å². The maximum Gasteiger partial charge on any atom is 0.305 e. The lowest BCUT2D eigenvalue weighted by molar-refractivity contribution is -0.288. The molecule has 2 heterocycles. The number of nitriles is 1. The van der Waals surface area contributed by atoms with E-state index in [0.717, 1.165) is 17.5 Å². The second-order valence-corrected chi connectivity index (χ2v) is 8.91. The van der Waals surface area contributed by atoms with E-state index in [2.05, 4.69) is 21.9 Å². The van der Waals surface area contributed by atoms with Crippen molar-refractivity contribution in [1.82, 2.24) is 4.98 Å². The first-order valence-electron chi connectivity index (χ1n) is 11.4. The monoisotopic (exact) mass is 464 g/mol. The number of esters is 1. The molecule has 0 N–H and O–H groups in total. The standard InChI is InChI=1S/C27H32N2O5/c1-19-12-13-23(22(15-19)16-28)34-27(2,3)26-32-18-21(9-6-5-7-11-24(30)31-4)25(33-26)20-10-8-14-29-17-20/h5-6,8,10,12-15,17,21,25-26H,7,9,11,18H2,1-4H3/b6-5-/t21-,25-,26+/m1/s1. The fraction of sp³-hybridized carbons (Fsp3) is 0.444. The molecule has 1 aliphatic rings. The predicted molar refractivity (Wildman–Crippen MR) is 127 cm³/mol. The van der Waals surface area contributed by atoms with Crippen molar-refractivity contribution in [1.29, 1.82) is 5.26 Å². The average Bonchev–Trinajstić information content (AvgIpc) is 2.85. The number of allylic oxidation sites excluding steroid dienone is 2. The van der Waals surface area contributed by atoms with E-state index in [1.54, 1.807) is 18.3 Å². The van der Waals surface area contributed by atoms with Crippen LogP contribution in [0.15, 0.2) is 54.9 Å². The largest absolute Gasteiger partial charge is 0.481 e. The van der Waals surface area contributed by atoms with Crippen LogP contribution in [0.3, 0.4) is 0 Å². The molecule has 1 saturated heterocycles. The minimum Gasteiger partial charge on any atom is -0.481 e. The predicted octanol–water partition coefficient (Wildman–Crippen LogP) is 5.05. The lowest BCUT2D eigenvalue weighted by Crippen LogP contribution is -2.50. The third-order valence-electron chi connectivity index (χ3n) is 5.72. The molecule has 0 aliphatic carbocycles. The third-order valence-corrected chi connectivity index (χ3v) is 5.72. The topological polar surface area (TPSA) is 90.7 Å². The van der Waals surface area contributed by atoms with Gasteiger partial charge in [0.1, 0.15) is 11.8 Å². The molecule has 0 bridgehead atoms. The minimum absolute atomic E-state index is 0.0691. The summed E-state index contributed by atoms with van der Waals surface area (Å²) in [6.07, 6.45) is 8.39. The van der Waals surface area contributed by atoms with Crippen LogP contribution >= 0.6 is 0 Å². The summed E-state index contributed by atoms with van der Waals surface area (Å²) in [6.45, 7) is 6.20. The van der Waals surface area contributed by atoms with E-state index in [9.17, 15) is 10.1 Å². The fourth-order valence-electron chi connectivity index (χ4n) is 3.88. The maximum atomic E-state index is 11.3. The van der Waals surface area contributed by atoms with Crippen molar-refractivity contribution in [3.8, 4) is 11.8 Å². The highest BCUT2D eigenvalue weighted by Gasteiger charge is 2.42. The Hall–Kier alpha value is -3.21. The number of carbonyl (C=O) groups is 1. The summed E-state index contributed by atoms with van der Waals surface area (Å²) in [6, 6.07) is 11.6. The number of rotatable bonds is 9. The van der Waals surface area contributed by atoms with Crippen molar-refractivity contribution in [3.05, 3.63) is 71.6 Å². The molecule has 0 spiro atoms. The van der Waals surface area contributed by atoms with Gasteiger partial charge in [-0.1, -0.05) is 24.3 Å². The molecule has 0 saturated carbocycles. The van der Waals surface area contributed by atoms with Gasteiger partial charge in [-0.05, 0) is 62.9 Å². The first-order chi connectivity index (χ1) is 16.3. The molecule has 180 valence electrons. The Kier molecular flexibility index (Phi) is 8.80. The Morgan fingerprint density at radius 2 is 2.15 bits per heavy atom. The number of benzene rings is 1. The summed E-state index contributed by atoms with van der Waals surface area (Å²) >= 11 is 0. The van der Waals surface area contributed by atoms with Crippen LogP contribution in [0, 0.1) is 24.2 Å². The van der Waals surface area contributed by atoms with E-state index < -0.39 is 11.9 Å². The Morgan fingerprint density at radius 1 is 1.32 bits per heavy atom. The normalized spacial score (nSPS) is 20.6. The van der Waals surface area contributed by atoms with E-state index in [-0.39, 0.29) is 18.0 Å². The lowest BCUT2D eigenvalue weighted by Gasteiger charge is -2.43. The van der Waals surface area contributed by atoms with Crippen LogP contribution in [-0.2, 0) is 19.0 Å². The minimum atomic E-state index is -0.845. The molecule has 7 nitrogen and oxygen atoms in total. The fourth-order valence-corrected chi connectivity index (χ4v) is 3.88. The zero-order valence-electron chi connectivity index (χ0n) is 20.2. The van der Waals surface area contributed by atoms with Crippen LogP contribution in [0.5, 0.6) is 5.75 Å². The number of pyridine rings is 1. The second kappa shape index (κ2) is 11.8.